The molecule has 0 fully saturated rings. The van der Waals surface area contributed by atoms with Crippen LogP contribution in [0.4, 0.5) is 5.82 Å². The minimum atomic E-state index is 0.502. The minimum absolute atomic E-state index is 0.502. The fourth-order valence-corrected chi connectivity index (χ4v) is 1.57. The zero-order chi connectivity index (χ0) is 13.7. The van der Waals surface area contributed by atoms with Crippen LogP contribution in [0.25, 0.3) is 0 Å². The lowest BCUT2D eigenvalue weighted by molar-refractivity contribution is 0.385. The number of hydrogen-bond donors (Lipinski definition) is 1. The molecule has 0 aliphatic rings. The van der Waals surface area contributed by atoms with E-state index in [1.165, 1.54) is 0 Å². The number of aromatic nitrogens is 1. The predicted octanol–water partition coefficient (Wildman–Crippen LogP) is 2.93. The molecule has 0 aliphatic carbocycles. The van der Waals surface area contributed by atoms with E-state index in [0.717, 1.165) is 5.82 Å². The number of nitrogens with zero attached hydrogens (tertiary/aromatic N) is 1. The van der Waals surface area contributed by atoms with Gasteiger partial charge in [0.2, 0.25) is 5.88 Å². The van der Waals surface area contributed by atoms with Gasteiger partial charge >= 0.3 is 0 Å². The van der Waals surface area contributed by atoms with Crippen molar-refractivity contribution in [2.45, 2.75) is 0 Å². The van der Waals surface area contributed by atoms with Crippen LogP contribution in [0.2, 0.25) is 0 Å². The number of anilines is 1. The SMILES string of the molecule is CNc1cccc(Oc2cc(OC)cc(OC)c2)n1. The second kappa shape index (κ2) is 5.95. The topological polar surface area (TPSA) is 52.6 Å². The zero-order valence-corrected chi connectivity index (χ0v) is 11.1. The van der Waals surface area contributed by atoms with Crippen LogP contribution in [-0.2, 0) is 0 Å². The van der Waals surface area contributed by atoms with Gasteiger partial charge in [0.15, 0.2) is 0 Å². The normalized spacial score (nSPS) is 9.84. The molecule has 19 heavy (non-hydrogen) atoms. The summed E-state index contributed by atoms with van der Waals surface area (Å²) in [5.41, 5.74) is 0. The smallest absolute Gasteiger partial charge is 0.221 e. The highest BCUT2D eigenvalue weighted by atomic mass is 16.5. The van der Waals surface area contributed by atoms with Gasteiger partial charge in [-0.15, -0.1) is 0 Å². The van der Waals surface area contributed by atoms with Gasteiger partial charge in [-0.05, 0) is 6.07 Å². The maximum atomic E-state index is 5.69. The van der Waals surface area contributed by atoms with Crippen molar-refractivity contribution in [1.29, 1.82) is 0 Å². The molecule has 1 heterocycles. The Balaban J connectivity index is 2.26. The molecule has 1 N–H and O–H groups in total. The molecule has 1 aromatic carbocycles. The van der Waals surface area contributed by atoms with Crippen LogP contribution in [0.5, 0.6) is 23.1 Å². The Morgan fingerprint density at radius 1 is 0.947 bits per heavy atom. The second-order valence-corrected chi connectivity index (χ2v) is 3.76. The molecule has 1 aromatic heterocycles. The maximum absolute atomic E-state index is 5.69. The number of methoxy groups -OCH3 is 2. The Kier molecular flexibility index (Phi) is 4.07. The van der Waals surface area contributed by atoms with Crippen LogP contribution < -0.4 is 19.5 Å². The molecular weight excluding hydrogens is 244 g/mol. The van der Waals surface area contributed by atoms with Crippen LogP contribution in [0.15, 0.2) is 36.4 Å². The number of pyridine rings is 1. The molecule has 0 bridgehead atoms. The first-order chi connectivity index (χ1) is 9.25. The van der Waals surface area contributed by atoms with Gasteiger partial charge in [-0.3, -0.25) is 0 Å². The van der Waals surface area contributed by atoms with Crippen LogP contribution >= 0.6 is 0 Å². The number of ether oxygens (including phenoxy) is 3. The summed E-state index contributed by atoms with van der Waals surface area (Å²) in [5, 5.41) is 2.96. The van der Waals surface area contributed by atoms with E-state index in [0.29, 0.717) is 23.1 Å². The maximum Gasteiger partial charge on any atom is 0.221 e. The number of hydrogen-bond acceptors (Lipinski definition) is 5. The highest BCUT2D eigenvalue weighted by molar-refractivity contribution is 5.44. The Labute approximate surface area is 112 Å². The second-order valence-electron chi connectivity index (χ2n) is 3.76. The molecule has 0 radical (unpaired) electrons. The average molecular weight is 260 g/mol. The molecule has 0 atom stereocenters. The van der Waals surface area contributed by atoms with Crippen LogP contribution in [0.3, 0.4) is 0 Å². The van der Waals surface area contributed by atoms with E-state index in [1.807, 2.05) is 12.1 Å². The van der Waals surface area contributed by atoms with Gasteiger partial charge in [0, 0.05) is 31.3 Å². The van der Waals surface area contributed by atoms with Crippen molar-refractivity contribution >= 4 is 5.82 Å². The monoisotopic (exact) mass is 260 g/mol. The average Bonchev–Trinajstić information content (AvgIpc) is 2.47. The van der Waals surface area contributed by atoms with E-state index in [2.05, 4.69) is 10.3 Å². The summed E-state index contributed by atoms with van der Waals surface area (Å²) in [4.78, 5) is 4.28. The summed E-state index contributed by atoms with van der Waals surface area (Å²) < 4.78 is 16.1. The van der Waals surface area contributed by atoms with Crippen molar-refractivity contribution in [1.82, 2.24) is 4.98 Å². The molecule has 0 unspecified atom stereocenters. The summed E-state index contributed by atoms with van der Waals surface area (Å²) in [6.45, 7) is 0. The van der Waals surface area contributed by atoms with Crippen molar-refractivity contribution in [2.24, 2.45) is 0 Å². The van der Waals surface area contributed by atoms with E-state index in [4.69, 9.17) is 14.2 Å². The fourth-order valence-electron chi connectivity index (χ4n) is 1.57. The fraction of sp³-hybridized carbons (Fsp3) is 0.214. The Morgan fingerprint density at radius 2 is 1.58 bits per heavy atom. The Hall–Kier alpha value is -2.43. The molecule has 2 rings (SSSR count). The van der Waals surface area contributed by atoms with Crippen LogP contribution in [0.1, 0.15) is 0 Å². The van der Waals surface area contributed by atoms with Gasteiger partial charge in [-0.2, -0.15) is 4.98 Å². The molecule has 2 aromatic rings. The Bertz CT molecular complexity index is 536. The molecule has 0 amide bonds. The van der Waals surface area contributed by atoms with E-state index < -0.39 is 0 Å². The first-order valence-electron chi connectivity index (χ1n) is 5.81. The van der Waals surface area contributed by atoms with E-state index >= 15 is 0 Å². The van der Waals surface area contributed by atoms with Gasteiger partial charge < -0.3 is 19.5 Å². The van der Waals surface area contributed by atoms with Gasteiger partial charge in [-0.25, -0.2) is 0 Å². The number of benzene rings is 1. The molecule has 0 spiro atoms. The van der Waals surface area contributed by atoms with Crippen molar-refractivity contribution in [3.8, 4) is 23.1 Å². The third-order valence-corrected chi connectivity index (χ3v) is 2.53. The highest BCUT2D eigenvalue weighted by Crippen LogP contribution is 2.30. The van der Waals surface area contributed by atoms with Crippen molar-refractivity contribution in [2.75, 3.05) is 26.6 Å². The van der Waals surface area contributed by atoms with Gasteiger partial charge in [0.1, 0.15) is 23.1 Å². The zero-order valence-electron chi connectivity index (χ0n) is 11.1. The summed E-state index contributed by atoms with van der Waals surface area (Å²) in [7, 11) is 5.00. The standard InChI is InChI=1S/C14H16N2O3/c1-15-13-5-4-6-14(16-13)19-12-8-10(17-2)7-11(9-12)18-3/h4-9H,1-3H3,(H,15,16). The van der Waals surface area contributed by atoms with Gasteiger partial charge in [0.05, 0.1) is 14.2 Å². The van der Waals surface area contributed by atoms with Crippen molar-refractivity contribution in [3.63, 3.8) is 0 Å². The lowest BCUT2D eigenvalue weighted by Gasteiger charge is -2.10. The first-order valence-corrected chi connectivity index (χ1v) is 5.81. The summed E-state index contributed by atoms with van der Waals surface area (Å²) in [5.74, 6) is 3.18. The van der Waals surface area contributed by atoms with E-state index in [9.17, 15) is 0 Å². The first kappa shape index (κ1) is 13.0. The van der Waals surface area contributed by atoms with Gasteiger partial charge in [-0.1, -0.05) is 6.07 Å². The molecule has 0 aliphatic heterocycles. The lowest BCUT2D eigenvalue weighted by atomic mass is 10.3. The molecule has 5 nitrogen and oxygen atoms in total. The quantitative estimate of drug-likeness (QED) is 0.895. The number of rotatable bonds is 5. The largest absolute Gasteiger partial charge is 0.496 e. The van der Waals surface area contributed by atoms with Gasteiger partial charge in [0.25, 0.3) is 0 Å². The third kappa shape index (κ3) is 3.28. The van der Waals surface area contributed by atoms with Crippen LogP contribution in [-0.4, -0.2) is 26.3 Å². The van der Waals surface area contributed by atoms with Crippen LogP contribution in [0, 0.1) is 0 Å². The summed E-state index contributed by atoms with van der Waals surface area (Å²) in [6.07, 6.45) is 0. The van der Waals surface area contributed by atoms with E-state index in [1.54, 1.807) is 45.5 Å². The molecular formula is C14H16N2O3. The molecule has 0 saturated heterocycles. The molecule has 0 saturated carbocycles. The Morgan fingerprint density at radius 3 is 2.16 bits per heavy atom. The summed E-state index contributed by atoms with van der Waals surface area (Å²) in [6, 6.07) is 10.8. The summed E-state index contributed by atoms with van der Waals surface area (Å²) >= 11 is 0. The van der Waals surface area contributed by atoms with Crippen molar-refractivity contribution < 1.29 is 14.2 Å². The van der Waals surface area contributed by atoms with Crippen molar-refractivity contribution in [3.05, 3.63) is 36.4 Å². The predicted molar refractivity (Wildman–Crippen MR) is 73.4 cm³/mol. The lowest BCUT2D eigenvalue weighted by Crippen LogP contribution is -1.95. The molecule has 5 heteroatoms. The highest BCUT2D eigenvalue weighted by Gasteiger charge is 2.05. The minimum Gasteiger partial charge on any atom is -0.496 e. The third-order valence-electron chi connectivity index (χ3n) is 2.53. The van der Waals surface area contributed by atoms with E-state index in [-0.39, 0.29) is 0 Å². The molecule has 100 valence electrons. The number of nitrogens with one attached hydrogen (secondary N) is 1.